The van der Waals surface area contributed by atoms with E-state index in [0.29, 0.717) is 25.9 Å². The van der Waals surface area contributed by atoms with Crippen LogP contribution in [0.25, 0.3) is 0 Å². The largest absolute Gasteiger partial charge is 0.481 e. The smallest absolute Gasteiger partial charge is 0.310 e. The molecule has 0 bridgehead atoms. The summed E-state index contributed by atoms with van der Waals surface area (Å²) in [6, 6.07) is 15.8. The van der Waals surface area contributed by atoms with Crippen molar-refractivity contribution in [1.82, 2.24) is 4.90 Å². The second kappa shape index (κ2) is 5.48. The van der Waals surface area contributed by atoms with E-state index in [2.05, 4.69) is 0 Å². The van der Waals surface area contributed by atoms with E-state index < -0.39 is 11.4 Å². The summed E-state index contributed by atoms with van der Waals surface area (Å²) < 4.78 is 0. The van der Waals surface area contributed by atoms with Crippen molar-refractivity contribution in [3.8, 4) is 0 Å². The number of nitrogens with zero attached hydrogens (tertiary/aromatic N) is 1. The summed E-state index contributed by atoms with van der Waals surface area (Å²) in [4.78, 5) is 26.6. The summed E-state index contributed by atoms with van der Waals surface area (Å²) in [6.07, 6.45) is 0.932. The molecule has 4 rings (SSSR count). The number of carbonyl (C=O) groups is 2. The number of amides is 1. The Labute approximate surface area is 140 Å². The van der Waals surface area contributed by atoms with E-state index in [4.69, 9.17) is 0 Å². The predicted octanol–water partition coefficient (Wildman–Crippen LogP) is 2.79. The lowest BCUT2D eigenvalue weighted by Gasteiger charge is -2.26. The van der Waals surface area contributed by atoms with Gasteiger partial charge in [0.1, 0.15) is 0 Å². The van der Waals surface area contributed by atoms with E-state index in [1.807, 2.05) is 48.5 Å². The van der Waals surface area contributed by atoms with E-state index in [0.717, 1.165) is 22.3 Å². The number of carboxylic acids is 1. The second-order valence-corrected chi connectivity index (χ2v) is 6.90. The van der Waals surface area contributed by atoms with Gasteiger partial charge < -0.3 is 10.0 Å². The fourth-order valence-electron chi connectivity index (χ4n) is 3.96. The maximum atomic E-state index is 12.8. The van der Waals surface area contributed by atoms with Crippen molar-refractivity contribution in [3.05, 3.63) is 70.8 Å². The Bertz CT molecular complexity index is 777. The minimum atomic E-state index is -1.00. The summed E-state index contributed by atoms with van der Waals surface area (Å²) in [5, 5.41) is 9.83. The van der Waals surface area contributed by atoms with Crippen LogP contribution in [0.3, 0.4) is 0 Å². The molecule has 2 aromatic rings. The maximum Gasteiger partial charge on any atom is 0.310 e. The number of hydrogen-bond acceptors (Lipinski definition) is 2. The third-order valence-corrected chi connectivity index (χ3v) is 5.31. The first-order valence-corrected chi connectivity index (χ1v) is 8.22. The van der Waals surface area contributed by atoms with Gasteiger partial charge in [-0.25, -0.2) is 0 Å². The van der Waals surface area contributed by atoms with Gasteiger partial charge in [0, 0.05) is 19.5 Å². The van der Waals surface area contributed by atoms with Gasteiger partial charge in [-0.2, -0.15) is 0 Å². The highest BCUT2D eigenvalue weighted by Crippen LogP contribution is 2.41. The Morgan fingerprint density at radius 2 is 1.33 bits per heavy atom. The van der Waals surface area contributed by atoms with E-state index in [9.17, 15) is 14.7 Å². The Hall–Kier alpha value is -2.62. The molecule has 1 aliphatic heterocycles. The second-order valence-electron chi connectivity index (χ2n) is 6.90. The van der Waals surface area contributed by atoms with Crippen LogP contribution in [-0.4, -0.2) is 21.9 Å². The minimum Gasteiger partial charge on any atom is -0.481 e. The van der Waals surface area contributed by atoms with Gasteiger partial charge in [-0.1, -0.05) is 48.5 Å². The van der Waals surface area contributed by atoms with Crippen LogP contribution in [0.5, 0.6) is 0 Å². The maximum absolute atomic E-state index is 12.8. The molecule has 1 N–H and O–H groups in total. The number of hydrogen-bond donors (Lipinski definition) is 1. The lowest BCUT2D eigenvalue weighted by Crippen LogP contribution is -2.38. The zero-order valence-corrected chi connectivity index (χ0v) is 13.4. The molecule has 0 radical (unpaired) electrons. The first kappa shape index (κ1) is 14.9. The zero-order chi connectivity index (χ0) is 16.7. The number of benzene rings is 2. The molecule has 2 aliphatic rings. The molecule has 1 amide bonds. The Kier molecular flexibility index (Phi) is 3.41. The first-order valence-electron chi connectivity index (χ1n) is 8.22. The highest BCUT2D eigenvalue weighted by atomic mass is 16.4. The average molecular weight is 321 g/mol. The molecule has 4 heteroatoms. The van der Waals surface area contributed by atoms with Crippen LogP contribution in [0.4, 0.5) is 0 Å². The van der Waals surface area contributed by atoms with Crippen molar-refractivity contribution in [2.75, 3.05) is 0 Å². The Morgan fingerprint density at radius 3 is 1.79 bits per heavy atom. The van der Waals surface area contributed by atoms with Crippen molar-refractivity contribution < 1.29 is 14.7 Å². The van der Waals surface area contributed by atoms with Crippen molar-refractivity contribution in [2.24, 2.45) is 5.41 Å². The third-order valence-electron chi connectivity index (χ3n) is 5.31. The fourth-order valence-corrected chi connectivity index (χ4v) is 3.96. The topological polar surface area (TPSA) is 57.6 Å². The van der Waals surface area contributed by atoms with Gasteiger partial charge in [0.2, 0.25) is 5.91 Å². The van der Waals surface area contributed by atoms with Crippen LogP contribution in [0.2, 0.25) is 0 Å². The molecule has 0 fully saturated rings. The van der Waals surface area contributed by atoms with Crippen molar-refractivity contribution >= 4 is 11.9 Å². The normalized spacial score (nSPS) is 17.4. The molecule has 1 heterocycles. The number of carbonyl (C=O) groups excluding carboxylic acids is 1. The first-order chi connectivity index (χ1) is 11.6. The van der Waals surface area contributed by atoms with Crippen molar-refractivity contribution in [2.45, 2.75) is 32.4 Å². The summed E-state index contributed by atoms with van der Waals surface area (Å²) >= 11 is 0. The van der Waals surface area contributed by atoms with Crippen LogP contribution in [-0.2, 0) is 35.5 Å². The molecular weight excluding hydrogens is 302 g/mol. The van der Waals surface area contributed by atoms with Gasteiger partial charge in [-0.05, 0) is 35.1 Å². The third kappa shape index (κ3) is 2.39. The molecular formula is C20H19NO3. The Morgan fingerprint density at radius 1 is 0.875 bits per heavy atom. The molecule has 24 heavy (non-hydrogen) atoms. The average Bonchev–Trinajstić information content (AvgIpc) is 3.16. The lowest BCUT2D eigenvalue weighted by atomic mass is 9.81. The number of rotatable bonds is 3. The molecule has 0 saturated carbocycles. The molecule has 0 saturated heterocycles. The SMILES string of the molecule is O=C(CC1(C(=O)O)Cc2ccccc2C1)N1Cc2ccccc2C1. The minimum absolute atomic E-state index is 0.0605. The molecule has 1 aliphatic carbocycles. The predicted molar refractivity (Wildman–Crippen MR) is 89.2 cm³/mol. The molecule has 122 valence electrons. The number of aliphatic carboxylic acids is 1. The molecule has 0 aromatic heterocycles. The standard InChI is InChI=1S/C20H19NO3/c22-18(21-12-16-7-3-4-8-17(16)13-21)11-20(19(23)24)9-14-5-1-2-6-15(14)10-20/h1-8H,9-13H2,(H,23,24). The van der Waals surface area contributed by atoms with Gasteiger partial charge in [0.15, 0.2) is 0 Å². The molecule has 4 nitrogen and oxygen atoms in total. The van der Waals surface area contributed by atoms with Crippen LogP contribution in [0, 0.1) is 5.41 Å². The van der Waals surface area contributed by atoms with Crippen molar-refractivity contribution in [3.63, 3.8) is 0 Å². The quantitative estimate of drug-likeness (QED) is 0.946. The van der Waals surface area contributed by atoms with Gasteiger partial charge in [0.05, 0.1) is 5.41 Å². The lowest BCUT2D eigenvalue weighted by molar-refractivity contribution is -0.153. The van der Waals surface area contributed by atoms with Crippen LogP contribution < -0.4 is 0 Å². The fraction of sp³-hybridized carbons (Fsp3) is 0.300. The summed E-state index contributed by atoms with van der Waals surface area (Å²) in [5.74, 6) is -0.940. The Balaban J connectivity index is 1.54. The highest BCUT2D eigenvalue weighted by molar-refractivity contribution is 5.86. The monoisotopic (exact) mass is 321 g/mol. The summed E-state index contributed by atoms with van der Waals surface area (Å²) in [7, 11) is 0. The van der Waals surface area contributed by atoms with Gasteiger partial charge in [-0.3, -0.25) is 9.59 Å². The van der Waals surface area contributed by atoms with Gasteiger partial charge in [0.25, 0.3) is 0 Å². The zero-order valence-electron chi connectivity index (χ0n) is 13.4. The molecule has 2 aromatic carbocycles. The van der Waals surface area contributed by atoms with Crippen molar-refractivity contribution in [1.29, 1.82) is 0 Å². The van der Waals surface area contributed by atoms with E-state index >= 15 is 0 Å². The number of fused-ring (bicyclic) bond motifs is 2. The highest BCUT2D eigenvalue weighted by Gasteiger charge is 2.46. The van der Waals surface area contributed by atoms with Crippen LogP contribution >= 0.6 is 0 Å². The van der Waals surface area contributed by atoms with E-state index in [1.54, 1.807) is 4.90 Å². The van der Waals surface area contributed by atoms with E-state index in [-0.39, 0.29) is 12.3 Å². The number of carboxylic acid groups (broad SMARTS) is 1. The van der Waals surface area contributed by atoms with E-state index in [1.165, 1.54) is 0 Å². The molecule has 0 unspecified atom stereocenters. The van der Waals surface area contributed by atoms with Gasteiger partial charge in [-0.15, -0.1) is 0 Å². The molecule has 0 spiro atoms. The van der Waals surface area contributed by atoms with Gasteiger partial charge >= 0.3 is 5.97 Å². The molecule has 0 atom stereocenters. The summed E-state index contributed by atoms with van der Waals surface area (Å²) in [5.41, 5.74) is 3.42. The summed E-state index contributed by atoms with van der Waals surface area (Å²) in [6.45, 7) is 1.16. The van der Waals surface area contributed by atoms with Crippen LogP contribution in [0.15, 0.2) is 48.5 Å². The van der Waals surface area contributed by atoms with Crippen LogP contribution in [0.1, 0.15) is 28.7 Å².